The minimum Gasteiger partial charge on any atom is -0.394 e. The first-order chi connectivity index (χ1) is 30.6. The molecule has 0 aliphatic carbocycles. The molecular weight excluding hydrogens is 902 g/mol. The molecule has 0 aromatic heterocycles. The van der Waals surface area contributed by atoms with Gasteiger partial charge in [-0.3, -0.25) is 4.79 Å². The largest absolute Gasteiger partial charge is 0.394 e. The zero-order valence-electron chi connectivity index (χ0n) is 36.1. The van der Waals surface area contributed by atoms with Crippen molar-refractivity contribution >= 4 is 14.0 Å². The number of ether oxygens (including phenoxy) is 10. The van der Waals surface area contributed by atoms with E-state index >= 15 is 0 Å². The Morgan fingerprint density at radius 3 is 1.23 bits per heavy atom. The highest BCUT2D eigenvalue weighted by molar-refractivity contribution is 6.76. The van der Waals surface area contributed by atoms with Gasteiger partial charge in [0.2, 0.25) is 5.91 Å². The van der Waals surface area contributed by atoms with Crippen LogP contribution in [-0.2, 0) is 52.2 Å². The number of amides is 1. The van der Waals surface area contributed by atoms with Crippen LogP contribution in [-0.4, -0.2) is 284 Å². The molecule has 0 unspecified atom stereocenters. The number of aliphatic hydroxyl groups is 15. The van der Waals surface area contributed by atoms with E-state index in [2.05, 4.69) is 25.0 Å². The number of aliphatic hydroxyl groups excluding tert-OH is 15. The molecule has 0 radical (unpaired) electrons. The lowest BCUT2D eigenvalue weighted by Crippen LogP contribution is -2.69. The number of hydrogen-bond donors (Lipinski definition) is 16. The summed E-state index contributed by atoms with van der Waals surface area (Å²) in [5.41, 5.74) is 0. The first-order valence-corrected chi connectivity index (χ1v) is 24.9. The van der Waals surface area contributed by atoms with Crippen molar-refractivity contribution in [3.8, 4) is 0 Å². The predicted molar refractivity (Wildman–Crippen MR) is 210 cm³/mol. The lowest BCUT2D eigenvalue weighted by molar-refractivity contribution is -0.393. The molecule has 27 nitrogen and oxygen atoms in total. The van der Waals surface area contributed by atoms with Gasteiger partial charge >= 0.3 is 0 Å². The molecule has 5 fully saturated rings. The van der Waals surface area contributed by atoms with Gasteiger partial charge in [-0.2, -0.15) is 0 Å². The van der Waals surface area contributed by atoms with Crippen molar-refractivity contribution < 1.29 is 129 Å². The summed E-state index contributed by atoms with van der Waals surface area (Å²) in [6.45, 7) is 3.10. The molecule has 28 heteroatoms. The van der Waals surface area contributed by atoms with Gasteiger partial charge in [0, 0.05) is 21.6 Å². The molecule has 1 amide bonds. The number of rotatable bonds is 18. The summed E-state index contributed by atoms with van der Waals surface area (Å²) in [6.07, 6.45) is -43.2. The van der Waals surface area contributed by atoms with Gasteiger partial charge < -0.3 is 129 Å². The highest BCUT2D eigenvalue weighted by Crippen LogP contribution is 2.36. The number of carbonyl (C=O) groups excluding carboxylic acids is 1. The van der Waals surface area contributed by atoms with Crippen LogP contribution in [0.2, 0.25) is 25.7 Å². The average molecular weight is 970 g/mol. The molecule has 0 saturated carbocycles. The standard InChI is InChI=1S/C37H67NO26Si/c1-12(44)38-18-22(48)19(45)13(7-39)56-33(18)63-31-20(46)14(8-40)58-37(27(31)53)64-32-21(47)15(9-41)57-36(28(32)54)62-30-17(11-43)60-35(26(52)24(30)50)61-29-16(10-42)59-34(25(51)23(29)49)55-5-6-65(2,3)4/h13-37,39-43,45-54H,5-11H2,1-4H3,(H,38,44)/t13-,14-,15-,16-,17-,18-,19+,20+,21+,22-,23-,24-,25-,26-,27-,28-,29-,30+,31+,32+,33-,34-,35+,36-,37+/m1/s1. The highest BCUT2D eigenvalue weighted by Gasteiger charge is 2.57. The van der Waals surface area contributed by atoms with Crippen LogP contribution in [0.5, 0.6) is 0 Å². The topological polar surface area (TPSA) is 425 Å². The van der Waals surface area contributed by atoms with Crippen LogP contribution < -0.4 is 5.32 Å². The summed E-state index contributed by atoms with van der Waals surface area (Å²) in [4.78, 5) is 12.0. The Hall–Kier alpha value is -1.31. The number of hydrogen-bond acceptors (Lipinski definition) is 26. The molecule has 16 N–H and O–H groups in total. The molecule has 5 aliphatic heterocycles. The second kappa shape index (κ2) is 23.5. The SMILES string of the molecule is CC(=O)N[C@H]1[C@@H](O[C@H]2[C@@H](O)[C@@H](CO)O[C@@H](O[C@H]3[C@@H](O)[C@@H](CO)O[C@H](O[C@@H]4[C@H](O)[C@@H](O)[C@H](O[C@H]5[C@H](O)[C@@H](O)[C@H](OCC[Si](C)(C)C)O[C@@H]5CO)O[C@@H]4CO)[C@@H]3O)[C@@H]2O)O[C@H](CO)[C@H](O)[C@@H]1O. The minimum absolute atomic E-state index is 0.194. The van der Waals surface area contributed by atoms with E-state index in [1.54, 1.807) is 0 Å². The van der Waals surface area contributed by atoms with Crippen molar-refractivity contribution in [1.82, 2.24) is 5.32 Å². The number of nitrogens with one attached hydrogen (secondary N) is 1. The zero-order valence-corrected chi connectivity index (χ0v) is 37.1. The smallest absolute Gasteiger partial charge is 0.217 e. The maximum atomic E-state index is 12.0. The molecule has 0 spiro atoms. The van der Waals surface area contributed by atoms with Crippen molar-refractivity contribution in [1.29, 1.82) is 0 Å². The summed E-state index contributed by atoms with van der Waals surface area (Å²) < 4.78 is 56.8. The van der Waals surface area contributed by atoms with Gasteiger partial charge in [0.25, 0.3) is 0 Å². The first-order valence-electron chi connectivity index (χ1n) is 21.2. The number of carbonyl (C=O) groups is 1. The third-order valence-electron chi connectivity index (χ3n) is 11.8. The van der Waals surface area contributed by atoms with Crippen molar-refractivity contribution in [2.75, 3.05) is 39.6 Å². The minimum atomic E-state index is -2.14. The second-order valence-corrected chi connectivity index (χ2v) is 23.5. The van der Waals surface area contributed by atoms with Gasteiger partial charge in [-0.25, -0.2) is 0 Å². The first kappa shape index (κ1) is 54.6. The van der Waals surface area contributed by atoms with Crippen molar-refractivity contribution in [2.24, 2.45) is 0 Å². The van der Waals surface area contributed by atoms with Gasteiger partial charge in [0.1, 0.15) is 122 Å². The molecule has 5 heterocycles. The van der Waals surface area contributed by atoms with Crippen LogP contribution in [0.3, 0.4) is 0 Å². The highest BCUT2D eigenvalue weighted by atomic mass is 28.3. The average Bonchev–Trinajstić information content (AvgIpc) is 3.26. The fraction of sp³-hybridized carbons (Fsp3) is 0.973. The third-order valence-corrected chi connectivity index (χ3v) is 13.5. The Morgan fingerprint density at radius 1 is 0.446 bits per heavy atom. The molecule has 0 aromatic carbocycles. The Balaban J connectivity index is 1.29. The summed E-state index contributed by atoms with van der Waals surface area (Å²) in [7, 11) is -1.56. The van der Waals surface area contributed by atoms with Crippen LogP contribution in [0.15, 0.2) is 0 Å². The fourth-order valence-electron chi connectivity index (χ4n) is 8.03. The van der Waals surface area contributed by atoms with Crippen molar-refractivity contribution in [2.45, 2.75) is 186 Å². The van der Waals surface area contributed by atoms with Crippen LogP contribution in [0.1, 0.15) is 6.92 Å². The van der Waals surface area contributed by atoms with Gasteiger partial charge in [-0.1, -0.05) is 19.6 Å². The molecule has 380 valence electrons. The monoisotopic (exact) mass is 969 g/mol. The van der Waals surface area contributed by atoms with E-state index in [1.807, 2.05) is 0 Å². The van der Waals surface area contributed by atoms with E-state index in [4.69, 9.17) is 47.4 Å². The van der Waals surface area contributed by atoms with Gasteiger partial charge in [-0.15, -0.1) is 0 Å². The van der Waals surface area contributed by atoms with Crippen LogP contribution in [0.25, 0.3) is 0 Å². The van der Waals surface area contributed by atoms with Gasteiger partial charge in [0.05, 0.1) is 33.0 Å². The van der Waals surface area contributed by atoms with E-state index in [0.29, 0.717) is 6.04 Å². The maximum Gasteiger partial charge on any atom is 0.217 e. The van der Waals surface area contributed by atoms with Crippen LogP contribution in [0, 0.1) is 0 Å². The Kier molecular flexibility index (Phi) is 19.8. The van der Waals surface area contributed by atoms with Crippen LogP contribution in [0.4, 0.5) is 0 Å². The Morgan fingerprint density at radius 2 is 0.800 bits per heavy atom. The fourth-order valence-corrected chi connectivity index (χ4v) is 8.76. The second-order valence-electron chi connectivity index (χ2n) is 17.8. The van der Waals surface area contributed by atoms with E-state index in [0.717, 1.165) is 6.92 Å². The van der Waals surface area contributed by atoms with Crippen molar-refractivity contribution in [3.05, 3.63) is 0 Å². The van der Waals surface area contributed by atoms with Gasteiger partial charge in [-0.05, 0) is 6.04 Å². The quantitative estimate of drug-likeness (QED) is 0.0567. The molecular formula is C37H67NO26Si. The van der Waals surface area contributed by atoms with Crippen LogP contribution >= 0.6 is 0 Å². The molecule has 0 aromatic rings. The Labute approximate surface area is 373 Å². The molecule has 5 rings (SSSR count). The molecule has 5 aliphatic rings. The lowest BCUT2D eigenvalue weighted by atomic mass is 9.95. The Bertz CT molecular complexity index is 1470. The summed E-state index contributed by atoms with van der Waals surface area (Å²) in [5.74, 6) is -0.722. The van der Waals surface area contributed by atoms with E-state index < -0.39 is 200 Å². The lowest BCUT2D eigenvalue weighted by Gasteiger charge is -2.50. The normalized spacial score (nSPS) is 47.6. The molecule has 5 saturated heterocycles. The summed E-state index contributed by atoms with van der Waals surface area (Å²) >= 11 is 0. The van der Waals surface area contributed by atoms with Gasteiger partial charge in [0.15, 0.2) is 31.5 Å². The van der Waals surface area contributed by atoms with Crippen molar-refractivity contribution in [3.63, 3.8) is 0 Å². The maximum absolute atomic E-state index is 12.0. The molecule has 25 atom stereocenters. The van der Waals surface area contributed by atoms with E-state index in [1.165, 1.54) is 0 Å². The molecule has 65 heavy (non-hydrogen) atoms. The molecule has 0 bridgehead atoms. The zero-order chi connectivity index (χ0) is 48.2. The summed E-state index contributed by atoms with van der Waals surface area (Å²) in [5, 5.41) is 163. The van der Waals surface area contributed by atoms with E-state index in [-0.39, 0.29) is 6.61 Å². The van der Waals surface area contributed by atoms with E-state index in [9.17, 15) is 81.4 Å². The third kappa shape index (κ3) is 12.5. The predicted octanol–water partition coefficient (Wildman–Crippen LogP) is -9.42. The summed E-state index contributed by atoms with van der Waals surface area (Å²) in [6, 6.07) is -0.847.